The van der Waals surface area contributed by atoms with Crippen LogP contribution in [0.25, 0.3) is 10.2 Å². The SMILES string of the molecule is COC(C)Cc1nc(N)c2c3c(sc2n1)CCCC3. The summed E-state index contributed by atoms with van der Waals surface area (Å²) in [5, 5.41) is 1.11. The lowest BCUT2D eigenvalue weighted by molar-refractivity contribution is 0.117. The Morgan fingerprint density at radius 1 is 1.32 bits per heavy atom. The molecule has 0 saturated carbocycles. The molecule has 0 aliphatic heterocycles. The Morgan fingerprint density at radius 2 is 2.11 bits per heavy atom. The number of nitrogens with two attached hydrogens (primary N) is 1. The summed E-state index contributed by atoms with van der Waals surface area (Å²) in [6, 6.07) is 0. The second-order valence-corrected chi connectivity index (χ2v) is 6.25. The van der Waals surface area contributed by atoms with Crippen LogP contribution in [0.4, 0.5) is 5.82 Å². The van der Waals surface area contributed by atoms with Crippen LogP contribution in [0.15, 0.2) is 0 Å². The molecule has 102 valence electrons. The molecule has 0 radical (unpaired) electrons. The zero-order chi connectivity index (χ0) is 13.4. The Kier molecular flexibility index (Phi) is 3.41. The molecular formula is C14H19N3OS. The third kappa shape index (κ3) is 2.32. The number of fused-ring (bicyclic) bond motifs is 3. The van der Waals surface area contributed by atoms with Crippen LogP contribution >= 0.6 is 11.3 Å². The molecule has 2 aromatic heterocycles. The second kappa shape index (κ2) is 5.06. The van der Waals surface area contributed by atoms with Gasteiger partial charge in [-0.05, 0) is 38.2 Å². The highest BCUT2D eigenvalue weighted by atomic mass is 32.1. The van der Waals surface area contributed by atoms with Crippen LogP contribution in [0, 0.1) is 0 Å². The van der Waals surface area contributed by atoms with Gasteiger partial charge in [-0.3, -0.25) is 0 Å². The number of aryl methyl sites for hydroxylation is 2. The number of thiophene rings is 1. The maximum absolute atomic E-state index is 6.16. The predicted octanol–water partition coefficient (Wildman–Crippen LogP) is 2.73. The van der Waals surface area contributed by atoms with E-state index in [4.69, 9.17) is 10.5 Å². The number of methoxy groups -OCH3 is 1. The number of nitrogen functional groups attached to an aromatic ring is 1. The predicted molar refractivity (Wildman–Crippen MR) is 78.6 cm³/mol. The molecule has 1 unspecified atom stereocenters. The number of aromatic nitrogens is 2. The van der Waals surface area contributed by atoms with Crippen LogP contribution < -0.4 is 5.73 Å². The van der Waals surface area contributed by atoms with Crippen molar-refractivity contribution in [1.82, 2.24) is 9.97 Å². The Hall–Kier alpha value is -1.20. The number of rotatable bonds is 3. The van der Waals surface area contributed by atoms with Crippen molar-refractivity contribution in [2.45, 2.75) is 45.1 Å². The number of hydrogen-bond donors (Lipinski definition) is 1. The minimum atomic E-state index is 0.117. The van der Waals surface area contributed by atoms with Gasteiger partial charge in [0.1, 0.15) is 16.5 Å². The topological polar surface area (TPSA) is 61.0 Å². The highest BCUT2D eigenvalue weighted by Gasteiger charge is 2.20. The first-order valence-electron chi connectivity index (χ1n) is 6.78. The van der Waals surface area contributed by atoms with Gasteiger partial charge >= 0.3 is 0 Å². The fourth-order valence-electron chi connectivity index (χ4n) is 2.66. The van der Waals surface area contributed by atoms with Crippen molar-refractivity contribution >= 4 is 27.4 Å². The van der Waals surface area contributed by atoms with Crippen molar-refractivity contribution in [3.63, 3.8) is 0 Å². The van der Waals surface area contributed by atoms with Gasteiger partial charge in [0, 0.05) is 18.4 Å². The lowest BCUT2D eigenvalue weighted by atomic mass is 9.97. The standard InChI is InChI=1S/C14H19N3OS/c1-8(18-2)7-11-16-13(15)12-9-5-3-4-6-10(9)19-14(12)17-11/h8H,3-7H2,1-2H3,(H2,15,16,17). The molecule has 1 aliphatic carbocycles. The van der Waals surface area contributed by atoms with Crippen LogP contribution in [0.2, 0.25) is 0 Å². The molecule has 1 aliphatic rings. The van der Waals surface area contributed by atoms with Gasteiger partial charge in [0.25, 0.3) is 0 Å². The molecule has 4 nitrogen and oxygen atoms in total. The lowest BCUT2D eigenvalue weighted by Crippen LogP contribution is -2.12. The highest BCUT2D eigenvalue weighted by Crippen LogP contribution is 2.37. The molecule has 0 amide bonds. The van der Waals surface area contributed by atoms with Crippen molar-refractivity contribution in [1.29, 1.82) is 0 Å². The fourth-order valence-corrected chi connectivity index (χ4v) is 3.95. The van der Waals surface area contributed by atoms with Crippen LogP contribution in [0.1, 0.15) is 36.0 Å². The zero-order valence-corrected chi connectivity index (χ0v) is 12.2. The first-order valence-corrected chi connectivity index (χ1v) is 7.60. The van der Waals surface area contributed by atoms with E-state index in [1.807, 2.05) is 6.92 Å². The summed E-state index contributed by atoms with van der Waals surface area (Å²) in [7, 11) is 1.70. The average Bonchev–Trinajstić information content (AvgIpc) is 2.76. The third-order valence-electron chi connectivity index (χ3n) is 3.76. The zero-order valence-electron chi connectivity index (χ0n) is 11.4. The van der Waals surface area contributed by atoms with Crippen molar-refractivity contribution in [3.8, 4) is 0 Å². The number of hydrogen-bond acceptors (Lipinski definition) is 5. The smallest absolute Gasteiger partial charge is 0.136 e. The van der Waals surface area contributed by atoms with E-state index in [0.717, 1.165) is 22.5 Å². The quantitative estimate of drug-likeness (QED) is 0.937. The van der Waals surface area contributed by atoms with E-state index in [2.05, 4.69) is 9.97 Å². The van der Waals surface area contributed by atoms with Crippen molar-refractivity contribution in [3.05, 3.63) is 16.3 Å². The molecule has 0 aromatic carbocycles. The van der Waals surface area contributed by atoms with E-state index in [1.165, 1.54) is 29.7 Å². The van der Waals surface area contributed by atoms with Gasteiger partial charge in [0.2, 0.25) is 0 Å². The van der Waals surface area contributed by atoms with Crippen molar-refractivity contribution in [2.75, 3.05) is 12.8 Å². The molecule has 0 fully saturated rings. The molecule has 5 heteroatoms. The molecular weight excluding hydrogens is 258 g/mol. The summed E-state index contributed by atoms with van der Waals surface area (Å²) in [5.41, 5.74) is 7.56. The Bertz CT molecular complexity index is 608. The Morgan fingerprint density at radius 3 is 2.89 bits per heavy atom. The van der Waals surface area contributed by atoms with Crippen LogP contribution in [-0.4, -0.2) is 23.2 Å². The summed E-state index contributed by atoms with van der Waals surface area (Å²) >= 11 is 1.79. The summed E-state index contributed by atoms with van der Waals surface area (Å²) in [5.74, 6) is 1.43. The Labute approximate surface area is 117 Å². The minimum Gasteiger partial charge on any atom is -0.383 e. The van der Waals surface area contributed by atoms with Crippen LogP contribution in [-0.2, 0) is 24.0 Å². The van der Waals surface area contributed by atoms with Gasteiger partial charge in [-0.1, -0.05) is 0 Å². The van der Waals surface area contributed by atoms with Gasteiger partial charge in [-0.2, -0.15) is 0 Å². The highest BCUT2D eigenvalue weighted by molar-refractivity contribution is 7.19. The molecule has 0 bridgehead atoms. The van der Waals surface area contributed by atoms with Gasteiger partial charge < -0.3 is 10.5 Å². The summed E-state index contributed by atoms with van der Waals surface area (Å²) in [4.78, 5) is 11.7. The van der Waals surface area contributed by atoms with Gasteiger partial charge in [-0.15, -0.1) is 11.3 Å². The van der Waals surface area contributed by atoms with Gasteiger partial charge in [0.15, 0.2) is 0 Å². The minimum absolute atomic E-state index is 0.117. The van der Waals surface area contributed by atoms with Crippen molar-refractivity contribution < 1.29 is 4.74 Å². The number of anilines is 1. The van der Waals surface area contributed by atoms with Crippen molar-refractivity contribution in [2.24, 2.45) is 0 Å². The fraction of sp³-hybridized carbons (Fsp3) is 0.571. The Balaban J connectivity index is 2.06. The number of nitrogens with zero attached hydrogens (tertiary/aromatic N) is 2. The second-order valence-electron chi connectivity index (χ2n) is 5.17. The molecule has 19 heavy (non-hydrogen) atoms. The number of ether oxygens (including phenoxy) is 1. The monoisotopic (exact) mass is 277 g/mol. The first-order chi connectivity index (χ1) is 9.19. The average molecular weight is 277 g/mol. The summed E-state index contributed by atoms with van der Waals surface area (Å²) < 4.78 is 5.27. The molecule has 1 atom stereocenters. The van der Waals surface area contributed by atoms with E-state index < -0.39 is 0 Å². The van der Waals surface area contributed by atoms with Crippen LogP contribution in [0.3, 0.4) is 0 Å². The normalized spacial score (nSPS) is 16.5. The molecule has 2 aromatic rings. The van der Waals surface area contributed by atoms with Crippen LogP contribution in [0.5, 0.6) is 0 Å². The lowest BCUT2D eigenvalue weighted by Gasteiger charge is -2.11. The molecule has 3 rings (SSSR count). The van der Waals surface area contributed by atoms with E-state index in [1.54, 1.807) is 18.4 Å². The third-order valence-corrected chi connectivity index (χ3v) is 4.95. The molecule has 2 N–H and O–H groups in total. The summed E-state index contributed by atoms with van der Waals surface area (Å²) in [6.07, 6.45) is 5.64. The maximum Gasteiger partial charge on any atom is 0.136 e. The van der Waals surface area contributed by atoms with E-state index in [0.29, 0.717) is 12.2 Å². The molecule has 2 heterocycles. The molecule has 0 saturated heterocycles. The van der Waals surface area contributed by atoms with E-state index >= 15 is 0 Å². The van der Waals surface area contributed by atoms with Gasteiger partial charge in [0.05, 0.1) is 11.5 Å². The van der Waals surface area contributed by atoms with E-state index in [9.17, 15) is 0 Å². The summed E-state index contributed by atoms with van der Waals surface area (Å²) in [6.45, 7) is 2.02. The van der Waals surface area contributed by atoms with Gasteiger partial charge in [-0.25, -0.2) is 9.97 Å². The maximum atomic E-state index is 6.16. The largest absolute Gasteiger partial charge is 0.383 e. The molecule has 0 spiro atoms. The van der Waals surface area contributed by atoms with E-state index in [-0.39, 0.29) is 6.10 Å². The first kappa shape index (κ1) is 12.8.